The second-order valence-electron chi connectivity index (χ2n) is 7.02. The smallest absolute Gasteiger partial charge is 0.0575 e. The van der Waals surface area contributed by atoms with Gasteiger partial charge in [0.25, 0.3) is 0 Å². The average Bonchev–Trinajstić information content (AvgIpc) is 2.77. The van der Waals surface area contributed by atoms with E-state index in [1.54, 1.807) is 0 Å². The molecule has 1 heterocycles. The first-order chi connectivity index (χ1) is 10.4. The molecular formula is C20H40O. The maximum Gasteiger partial charge on any atom is 0.0575 e. The Morgan fingerprint density at radius 3 is 1.86 bits per heavy atom. The highest BCUT2D eigenvalue weighted by Gasteiger charge is 2.11. The number of ether oxygens (including phenoxy) is 1. The van der Waals surface area contributed by atoms with E-state index >= 15 is 0 Å². The van der Waals surface area contributed by atoms with Crippen LogP contribution in [-0.4, -0.2) is 12.7 Å². The average molecular weight is 297 g/mol. The Labute approximate surface area is 134 Å². The van der Waals surface area contributed by atoms with Gasteiger partial charge in [-0.1, -0.05) is 96.8 Å². The van der Waals surface area contributed by atoms with Crippen LogP contribution >= 0.6 is 0 Å². The van der Waals surface area contributed by atoms with Crippen LogP contribution in [0.15, 0.2) is 0 Å². The monoisotopic (exact) mass is 296 g/mol. The Morgan fingerprint density at radius 2 is 1.24 bits per heavy atom. The van der Waals surface area contributed by atoms with E-state index in [9.17, 15) is 0 Å². The van der Waals surface area contributed by atoms with E-state index in [1.165, 1.54) is 109 Å². The zero-order chi connectivity index (χ0) is 15.0. The molecule has 0 bridgehead atoms. The summed E-state index contributed by atoms with van der Waals surface area (Å²) in [5.41, 5.74) is 0. The van der Waals surface area contributed by atoms with E-state index in [0.29, 0.717) is 6.10 Å². The molecule has 0 amide bonds. The fraction of sp³-hybridized carbons (Fsp3) is 1.00. The summed E-state index contributed by atoms with van der Waals surface area (Å²) >= 11 is 0. The van der Waals surface area contributed by atoms with Gasteiger partial charge in [0.15, 0.2) is 0 Å². The van der Waals surface area contributed by atoms with Crippen molar-refractivity contribution >= 4 is 0 Å². The molecule has 0 saturated carbocycles. The third-order valence-corrected chi connectivity index (χ3v) is 4.90. The Morgan fingerprint density at radius 1 is 0.667 bits per heavy atom. The van der Waals surface area contributed by atoms with E-state index in [2.05, 4.69) is 6.92 Å². The number of unbranched alkanes of at least 4 members (excludes halogenated alkanes) is 11. The zero-order valence-electron chi connectivity index (χ0n) is 14.7. The molecule has 1 heteroatoms. The van der Waals surface area contributed by atoms with E-state index in [-0.39, 0.29) is 0 Å². The zero-order valence-corrected chi connectivity index (χ0v) is 14.7. The minimum atomic E-state index is 0.593. The molecule has 21 heavy (non-hydrogen) atoms. The van der Waals surface area contributed by atoms with Crippen molar-refractivity contribution in [3.05, 3.63) is 0 Å². The molecule has 0 aliphatic carbocycles. The lowest BCUT2D eigenvalue weighted by Crippen LogP contribution is -2.11. The van der Waals surface area contributed by atoms with Crippen molar-refractivity contribution in [3.8, 4) is 0 Å². The predicted octanol–water partition coefficient (Wildman–Crippen LogP) is 7.04. The van der Waals surface area contributed by atoms with Crippen LogP contribution in [0.2, 0.25) is 0 Å². The van der Waals surface area contributed by atoms with Gasteiger partial charge in [0.1, 0.15) is 0 Å². The van der Waals surface area contributed by atoms with Crippen LogP contribution in [0.1, 0.15) is 116 Å². The molecule has 1 rings (SSSR count). The van der Waals surface area contributed by atoms with Crippen LogP contribution in [0.3, 0.4) is 0 Å². The molecule has 1 atom stereocenters. The molecule has 1 unspecified atom stereocenters. The van der Waals surface area contributed by atoms with Crippen molar-refractivity contribution in [1.82, 2.24) is 0 Å². The molecule has 0 aromatic heterocycles. The van der Waals surface area contributed by atoms with Gasteiger partial charge < -0.3 is 4.74 Å². The van der Waals surface area contributed by atoms with E-state index in [1.807, 2.05) is 0 Å². The van der Waals surface area contributed by atoms with Gasteiger partial charge in [-0.05, 0) is 19.3 Å². The molecule has 1 aliphatic heterocycles. The maximum atomic E-state index is 5.90. The molecule has 1 saturated heterocycles. The largest absolute Gasteiger partial charge is 0.378 e. The summed E-state index contributed by atoms with van der Waals surface area (Å²) in [5.74, 6) is 0. The normalized spacial score (nSPS) is 19.6. The van der Waals surface area contributed by atoms with Crippen molar-refractivity contribution in [1.29, 1.82) is 0 Å². The van der Waals surface area contributed by atoms with Gasteiger partial charge in [-0.2, -0.15) is 0 Å². The molecule has 1 aliphatic rings. The molecule has 0 spiro atoms. The molecule has 0 aromatic rings. The molecule has 0 radical (unpaired) electrons. The Kier molecular flexibility index (Phi) is 13.5. The molecular weight excluding hydrogens is 256 g/mol. The van der Waals surface area contributed by atoms with Crippen LogP contribution in [0.4, 0.5) is 0 Å². The summed E-state index contributed by atoms with van der Waals surface area (Å²) in [6, 6.07) is 0. The topological polar surface area (TPSA) is 9.23 Å². The quantitative estimate of drug-likeness (QED) is 0.331. The molecule has 1 fully saturated rings. The standard InChI is InChI=1S/C20H40O/c1-2-3-4-5-6-7-8-9-10-11-12-14-17-20-18-15-13-16-19-21-20/h20H,2-19H2,1H3. The first-order valence-corrected chi connectivity index (χ1v) is 10.0. The molecule has 126 valence electrons. The van der Waals surface area contributed by atoms with E-state index < -0.39 is 0 Å². The van der Waals surface area contributed by atoms with Crippen LogP contribution in [0, 0.1) is 0 Å². The van der Waals surface area contributed by atoms with Gasteiger partial charge in [0, 0.05) is 6.61 Å². The fourth-order valence-electron chi connectivity index (χ4n) is 3.42. The molecule has 0 N–H and O–H groups in total. The summed E-state index contributed by atoms with van der Waals surface area (Å²) in [6.45, 7) is 3.31. The molecule has 1 nitrogen and oxygen atoms in total. The Balaban J connectivity index is 1.74. The first-order valence-electron chi connectivity index (χ1n) is 10.0. The van der Waals surface area contributed by atoms with Crippen molar-refractivity contribution in [2.75, 3.05) is 6.61 Å². The second kappa shape index (κ2) is 14.9. The highest BCUT2D eigenvalue weighted by Crippen LogP contribution is 2.19. The highest BCUT2D eigenvalue weighted by atomic mass is 16.5. The lowest BCUT2D eigenvalue weighted by Gasteiger charge is -2.14. The van der Waals surface area contributed by atoms with Crippen molar-refractivity contribution in [2.45, 2.75) is 122 Å². The van der Waals surface area contributed by atoms with Gasteiger partial charge >= 0.3 is 0 Å². The lowest BCUT2D eigenvalue weighted by molar-refractivity contribution is 0.0510. The lowest BCUT2D eigenvalue weighted by atomic mass is 10.0. The van der Waals surface area contributed by atoms with E-state index in [4.69, 9.17) is 4.74 Å². The number of hydrogen-bond donors (Lipinski definition) is 0. The summed E-state index contributed by atoms with van der Waals surface area (Å²) in [4.78, 5) is 0. The van der Waals surface area contributed by atoms with Gasteiger partial charge in [-0.3, -0.25) is 0 Å². The maximum absolute atomic E-state index is 5.90. The molecule has 0 aromatic carbocycles. The first kappa shape index (κ1) is 19.0. The van der Waals surface area contributed by atoms with Gasteiger partial charge in [0.2, 0.25) is 0 Å². The van der Waals surface area contributed by atoms with Gasteiger partial charge in [-0.15, -0.1) is 0 Å². The third-order valence-electron chi connectivity index (χ3n) is 4.90. The van der Waals surface area contributed by atoms with Gasteiger partial charge in [-0.25, -0.2) is 0 Å². The fourth-order valence-corrected chi connectivity index (χ4v) is 3.42. The Bertz CT molecular complexity index is 194. The van der Waals surface area contributed by atoms with Crippen molar-refractivity contribution < 1.29 is 4.74 Å². The minimum absolute atomic E-state index is 0.593. The minimum Gasteiger partial charge on any atom is -0.378 e. The van der Waals surface area contributed by atoms with Crippen LogP contribution in [0.25, 0.3) is 0 Å². The van der Waals surface area contributed by atoms with Crippen molar-refractivity contribution in [2.24, 2.45) is 0 Å². The third kappa shape index (κ3) is 12.2. The summed E-state index contributed by atoms with van der Waals surface area (Å²) in [7, 11) is 0. The number of hydrogen-bond acceptors (Lipinski definition) is 1. The number of rotatable bonds is 13. The summed E-state index contributed by atoms with van der Waals surface area (Å²) < 4.78 is 5.90. The second-order valence-corrected chi connectivity index (χ2v) is 7.02. The van der Waals surface area contributed by atoms with E-state index in [0.717, 1.165) is 6.61 Å². The predicted molar refractivity (Wildman–Crippen MR) is 93.9 cm³/mol. The summed E-state index contributed by atoms with van der Waals surface area (Å²) in [5, 5.41) is 0. The SMILES string of the molecule is CCCCCCCCCCCCCCC1CCCCCO1. The summed E-state index contributed by atoms with van der Waals surface area (Å²) in [6.07, 6.45) is 24.6. The van der Waals surface area contributed by atoms with Gasteiger partial charge in [0.05, 0.1) is 6.10 Å². The van der Waals surface area contributed by atoms with Crippen molar-refractivity contribution in [3.63, 3.8) is 0 Å². The van der Waals surface area contributed by atoms with Crippen LogP contribution < -0.4 is 0 Å². The highest BCUT2D eigenvalue weighted by molar-refractivity contribution is 4.62. The Hall–Kier alpha value is -0.0400. The van der Waals surface area contributed by atoms with Crippen LogP contribution in [0.5, 0.6) is 0 Å². The van der Waals surface area contributed by atoms with Crippen LogP contribution in [-0.2, 0) is 4.74 Å².